The number of hydrogen-bond acceptors (Lipinski definition) is 4. The molecule has 6 heteroatoms. The Bertz CT molecular complexity index is 691. The number of anilines is 1. The van der Waals surface area contributed by atoms with Gasteiger partial charge in [0.15, 0.2) is 5.82 Å². The van der Waals surface area contributed by atoms with Gasteiger partial charge in [0.05, 0.1) is 6.04 Å². The minimum Gasteiger partial charge on any atom is -0.492 e. The van der Waals surface area contributed by atoms with Crippen molar-refractivity contribution in [3.8, 4) is 5.75 Å². The summed E-state index contributed by atoms with van der Waals surface area (Å²) in [4.78, 5) is 12.5. The van der Waals surface area contributed by atoms with Crippen LogP contribution in [0, 0.1) is 0 Å². The highest BCUT2D eigenvalue weighted by molar-refractivity contribution is 5.96. The van der Waals surface area contributed by atoms with Crippen LogP contribution in [0.25, 0.3) is 0 Å². The van der Waals surface area contributed by atoms with Gasteiger partial charge in [-0.25, -0.2) is 0 Å². The van der Waals surface area contributed by atoms with E-state index in [0.717, 1.165) is 30.8 Å². The van der Waals surface area contributed by atoms with Gasteiger partial charge in [-0.1, -0.05) is 18.2 Å². The number of rotatable bonds is 3. The van der Waals surface area contributed by atoms with Crippen LogP contribution in [0.1, 0.15) is 23.9 Å². The molecule has 2 atom stereocenters. The highest BCUT2D eigenvalue weighted by atomic mass is 16.5. The summed E-state index contributed by atoms with van der Waals surface area (Å²) in [7, 11) is 0. The Hall–Kier alpha value is -2.34. The Morgan fingerprint density at radius 2 is 2.27 bits per heavy atom. The standard InChI is InChI=1S/C16H18N4O2/c21-16(13-10-22-14-4-2-1-3-12(13)14)18-15-6-8-20(19-15)11-5-7-17-9-11/h1-4,6,8,11,13,17H,5,7,9-10H2,(H,18,19,21)/t11-,13-/m1/s1. The maximum Gasteiger partial charge on any atom is 0.236 e. The van der Waals surface area contributed by atoms with Gasteiger partial charge in [-0.2, -0.15) is 5.10 Å². The molecule has 1 aromatic heterocycles. The second kappa shape index (κ2) is 5.46. The molecule has 114 valence electrons. The smallest absolute Gasteiger partial charge is 0.236 e. The minimum absolute atomic E-state index is 0.0697. The van der Waals surface area contributed by atoms with E-state index in [2.05, 4.69) is 15.7 Å². The number of ether oxygens (including phenoxy) is 1. The molecule has 22 heavy (non-hydrogen) atoms. The van der Waals surface area contributed by atoms with Gasteiger partial charge in [0.2, 0.25) is 5.91 Å². The second-order valence-corrected chi connectivity index (χ2v) is 5.72. The molecule has 0 aliphatic carbocycles. The SMILES string of the molecule is O=C(Nc1ccn([C@@H]2CCNC2)n1)[C@@H]1COc2ccccc21. The van der Waals surface area contributed by atoms with Crippen LogP contribution in [-0.2, 0) is 4.79 Å². The third-order valence-corrected chi connectivity index (χ3v) is 4.28. The average molecular weight is 298 g/mol. The summed E-state index contributed by atoms with van der Waals surface area (Å²) >= 11 is 0. The number of amides is 1. The molecule has 4 rings (SSSR count). The van der Waals surface area contributed by atoms with E-state index in [4.69, 9.17) is 4.74 Å². The number of aromatic nitrogens is 2. The normalized spacial score (nSPS) is 23.1. The molecular weight excluding hydrogens is 280 g/mol. The Morgan fingerprint density at radius 3 is 3.14 bits per heavy atom. The first-order valence-corrected chi connectivity index (χ1v) is 7.60. The van der Waals surface area contributed by atoms with Gasteiger partial charge in [0, 0.05) is 24.4 Å². The van der Waals surface area contributed by atoms with E-state index < -0.39 is 0 Å². The van der Waals surface area contributed by atoms with Crippen molar-refractivity contribution in [2.24, 2.45) is 0 Å². The van der Waals surface area contributed by atoms with Gasteiger partial charge in [0.25, 0.3) is 0 Å². The second-order valence-electron chi connectivity index (χ2n) is 5.72. The Balaban J connectivity index is 1.46. The lowest BCUT2D eigenvalue weighted by molar-refractivity contribution is -0.117. The lowest BCUT2D eigenvalue weighted by atomic mass is 10.0. The highest BCUT2D eigenvalue weighted by Crippen LogP contribution is 2.34. The molecule has 0 radical (unpaired) electrons. The molecule has 2 aliphatic rings. The molecule has 2 aromatic rings. The molecule has 1 aromatic carbocycles. The summed E-state index contributed by atoms with van der Waals surface area (Å²) in [6.45, 7) is 2.33. The van der Waals surface area contributed by atoms with Crippen LogP contribution in [0.3, 0.4) is 0 Å². The first-order valence-electron chi connectivity index (χ1n) is 7.60. The van der Waals surface area contributed by atoms with Gasteiger partial charge < -0.3 is 15.4 Å². The Labute approximate surface area is 128 Å². The fourth-order valence-electron chi connectivity index (χ4n) is 3.07. The average Bonchev–Trinajstić information content (AvgIpc) is 3.27. The van der Waals surface area contributed by atoms with E-state index >= 15 is 0 Å². The highest BCUT2D eigenvalue weighted by Gasteiger charge is 2.30. The van der Waals surface area contributed by atoms with E-state index in [1.807, 2.05) is 41.2 Å². The van der Waals surface area contributed by atoms with Crippen LogP contribution in [0.2, 0.25) is 0 Å². The molecule has 0 spiro atoms. The Morgan fingerprint density at radius 1 is 1.36 bits per heavy atom. The summed E-state index contributed by atoms with van der Waals surface area (Å²) in [6, 6.07) is 9.89. The van der Waals surface area contributed by atoms with Crippen LogP contribution < -0.4 is 15.4 Å². The number of carbonyl (C=O) groups is 1. The molecule has 0 bridgehead atoms. The van der Waals surface area contributed by atoms with Gasteiger partial charge >= 0.3 is 0 Å². The number of hydrogen-bond donors (Lipinski definition) is 2. The molecule has 1 fully saturated rings. The number of benzene rings is 1. The molecule has 1 amide bonds. The zero-order valence-corrected chi connectivity index (χ0v) is 12.2. The summed E-state index contributed by atoms with van der Waals surface area (Å²) in [5, 5.41) is 10.7. The summed E-state index contributed by atoms with van der Waals surface area (Å²) in [5.41, 5.74) is 0.944. The van der Waals surface area contributed by atoms with E-state index in [-0.39, 0.29) is 11.8 Å². The maximum absolute atomic E-state index is 12.5. The molecule has 0 unspecified atom stereocenters. The first-order chi connectivity index (χ1) is 10.8. The Kier molecular flexibility index (Phi) is 3.31. The molecule has 1 saturated heterocycles. The third kappa shape index (κ3) is 2.35. The molecule has 3 heterocycles. The topological polar surface area (TPSA) is 68.2 Å². The third-order valence-electron chi connectivity index (χ3n) is 4.28. The van der Waals surface area contributed by atoms with Gasteiger partial charge in [-0.15, -0.1) is 0 Å². The van der Waals surface area contributed by atoms with E-state index in [9.17, 15) is 4.79 Å². The molecular formula is C16H18N4O2. The van der Waals surface area contributed by atoms with Crippen LogP contribution in [0.4, 0.5) is 5.82 Å². The lowest BCUT2D eigenvalue weighted by Gasteiger charge is -2.10. The lowest BCUT2D eigenvalue weighted by Crippen LogP contribution is -2.22. The zero-order valence-electron chi connectivity index (χ0n) is 12.2. The predicted octanol–water partition coefficient (Wildman–Crippen LogP) is 1.53. The largest absolute Gasteiger partial charge is 0.492 e. The molecule has 6 nitrogen and oxygen atoms in total. The fraction of sp³-hybridized carbons (Fsp3) is 0.375. The van der Waals surface area contributed by atoms with Gasteiger partial charge in [-0.3, -0.25) is 9.48 Å². The molecule has 0 saturated carbocycles. The van der Waals surface area contributed by atoms with Crippen molar-refractivity contribution in [1.29, 1.82) is 0 Å². The van der Waals surface area contributed by atoms with Crippen LogP contribution in [0.5, 0.6) is 5.75 Å². The van der Waals surface area contributed by atoms with Crippen LogP contribution in [0.15, 0.2) is 36.5 Å². The minimum atomic E-state index is -0.269. The summed E-state index contributed by atoms with van der Waals surface area (Å²) in [5.74, 6) is 1.06. The van der Waals surface area contributed by atoms with Gasteiger partial charge in [0.1, 0.15) is 18.3 Å². The monoisotopic (exact) mass is 298 g/mol. The van der Waals surface area contributed by atoms with Crippen LogP contribution >= 0.6 is 0 Å². The number of carbonyl (C=O) groups excluding carboxylic acids is 1. The van der Waals surface area contributed by atoms with Crippen molar-refractivity contribution >= 4 is 11.7 Å². The number of para-hydroxylation sites is 1. The van der Waals surface area contributed by atoms with E-state index in [1.165, 1.54) is 0 Å². The number of nitrogens with one attached hydrogen (secondary N) is 2. The van der Waals surface area contributed by atoms with Crippen molar-refractivity contribution in [3.63, 3.8) is 0 Å². The summed E-state index contributed by atoms with van der Waals surface area (Å²) < 4.78 is 7.49. The van der Waals surface area contributed by atoms with E-state index in [1.54, 1.807) is 0 Å². The number of nitrogens with zero attached hydrogens (tertiary/aromatic N) is 2. The van der Waals surface area contributed by atoms with Crippen molar-refractivity contribution in [2.75, 3.05) is 25.0 Å². The van der Waals surface area contributed by atoms with Crippen molar-refractivity contribution in [2.45, 2.75) is 18.4 Å². The first kappa shape index (κ1) is 13.3. The maximum atomic E-state index is 12.5. The molecule has 2 aliphatic heterocycles. The fourth-order valence-corrected chi connectivity index (χ4v) is 3.07. The number of fused-ring (bicyclic) bond motifs is 1. The van der Waals surface area contributed by atoms with Crippen molar-refractivity contribution in [1.82, 2.24) is 15.1 Å². The van der Waals surface area contributed by atoms with Crippen molar-refractivity contribution in [3.05, 3.63) is 42.1 Å². The van der Waals surface area contributed by atoms with Crippen LogP contribution in [-0.4, -0.2) is 35.4 Å². The van der Waals surface area contributed by atoms with E-state index in [0.29, 0.717) is 18.5 Å². The predicted molar refractivity (Wildman–Crippen MR) is 82.1 cm³/mol. The quantitative estimate of drug-likeness (QED) is 0.902. The van der Waals surface area contributed by atoms with Gasteiger partial charge in [-0.05, 0) is 19.0 Å². The molecule has 2 N–H and O–H groups in total. The van der Waals surface area contributed by atoms with Crippen molar-refractivity contribution < 1.29 is 9.53 Å². The summed E-state index contributed by atoms with van der Waals surface area (Å²) in [6.07, 6.45) is 2.99. The zero-order chi connectivity index (χ0) is 14.9.